The summed E-state index contributed by atoms with van der Waals surface area (Å²) in [5.74, 6) is 0.553. The van der Waals surface area contributed by atoms with Gasteiger partial charge in [-0.3, -0.25) is 4.79 Å². The van der Waals surface area contributed by atoms with E-state index in [9.17, 15) is 17.6 Å². The molecule has 2 aromatic carbocycles. The lowest BCUT2D eigenvalue weighted by Gasteiger charge is -2.16. The summed E-state index contributed by atoms with van der Waals surface area (Å²) in [5, 5.41) is 0.790. The Bertz CT molecular complexity index is 1260. The lowest BCUT2D eigenvalue weighted by Crippen LogP contribution is -2.17. The van der Waals surface area contributed by atoms with Gasteiger partial charge in [0, 0.05) is 24.4 Å². The first-order valence-corrected chi connectivity index (χ1v) is 11.2. The number of benzene rings is 2. The van der Waals surface area contributed by atoms with Crippen LogP contribution >= 0.6 is 0 Å². The van der Waals surface area contributed by atoms with Crippen LogP contribution in [0.25, 0.3) is 21.9 Å². The van der Waals surface area contributed by atoms with Gasteiger partial charge in [0.05, 0.1) is 22.6 Å². The van der Waals surface area contributed by atoms with Crippen LogP contribution in [0.5, 0.6) is 5.75 Å². The maximum absolute atomic E-state index is 13.8. The Morgan fingerprint density at radius 1 is 1.10 bits per heavy atom. The van der Waals surface area contributed by atoms with Crippen molar-refractivity contribution >= 4 is 20.6 Å². The highest BCUT2D eigenvalue weighted by atomic mass is 32.2. The monoisotopic (exact) mass is 415 g/mol. The fraction of sp³-hybridized carbons (Fsp3) is 0.318. The summed E-state index contributed by atoms with van der Waals surface area (Å²) in [7, 11) is -1.84. The minimum atomic E-state index is -3.43. The topological polar surface area (TPSA) is 65.4 Å². The maximum Gasteiger partial charge on any atom is 0.258 e. The third-order valence-electron chi connectivity index (χ3n) is 5.30. The Morgan fingerprint density at radius 3 is 2.55 bits per heavy atom. The molecular weight excluding hydrogens is 393 g/mol. The van der Waals surface area contributed by atoms with E-state index in [4.69, 9.17) is 4.74 Å². The molecule has 0 unspecified atom stereocenters. The van der Waals surface area contributed by atoms with E-state index >= 15 is 0 Å². The quantitative estimate of drug-likeness (QED) is 0.612. The van der Waals surface area contributed by atoms with E-state index in [0.29, 0.717) is 34.8 Å². The molecule has 152 valence electrons. The van der Waals surface area contributed by atoms with Crippen LogP contribution in [0.4, 0.5) is 4.39 Å². The van der Waals surface area contributed by atoms with E-state index in [1.54, 1.807) is 44.4 Å². The average Bonchev–Trinajstić information content (AvgIpc) is 3.53. The number of hydrogen-bond donors (Lipinski definition) is 0. The van der Waals surface area contributed by atoms with Crippen molar-refractivity contribution in [2.45, 2.75) is 24.7 Å². The molecule has 0 saturated heterocycles. The van der Waals surface area contributed by atoms with Gasteiger partial charge in [-0.1, -0.05) is 13.0 Å². The summed E-state index contributed by atoms with van der Waals surface area (Å²) in [5.41, 5.74) is 0.884. The molecule has 0 amide bonds. The SMILES string of the molecule is CCS(=O)(=O)c1ccc(OCC2CC2)c(-c2cn(C)c(=O)c3cc(F)ccc23)c1. The number of pyridine rings is 1. The molecule has 0 atom stereocenters. The maximum atomic E-state index is 13.8. The summed E-state index contributed by atoms with van der Waals surface area (Å²) in [6.07, 6.45) is 3.89. The molecule has 3 aromatic rings. The van der Waals surface area contributed by atoms with Crippen molar-refractivity contribution in [2.24, 2.45) is 13.0 Å². The highest BCUT2D eigenvalue weighted by Gasteiger charge is 2.24. The van der Waals surface area contributed by atoms with Gasteiger partial charge in [-0.05, 0) is 54.5 Å². The summed E-state index contributed by atoms with van der Waals surface area (Å²) in [6, 6.07) is 8.85. The van der Waals surface area contributed by atoms with E-state index in [2.05, 4.69) is 0 Å². The second-order valence-electron chi connectivity index (χ2n) is 7.46. The molecule has 1 heterocycles. The van der Waals surface area contributed by atoms with E-state index in [0.717, 1.165) is 12.8 Å². The van der Waals surface area contributed by atoms with Crippen molar-refractivity contribution in [3.8, 4) is 16.9 Å². The van der Waals surface area contributed by atoms with Crippen LogP contribution in [0, 0.1) is 11.7 Å². The van der Waals surface area contributed by atoms with Crippen LogP contribution in [0.3, 0.4) is 0 Å². The normalized spacial score (nSPS) is 14.3. The first-order valence-electron chi connectivity index (χ1n) is 9.59. The zero-order valence-electron chi connectivity index (χ0n) is 16.3. The standard InChI is InChI=1S/C22H22FNO4S/c1-3-29(26,27)16-7-9-21(28-13-14-4-5-14)18(11-16)20-12-24(2)22(25)19-10-15(23)6-8-17(19)20/h6-12,14H,3-5,13H2,1-2H3. The first kappa shape index (κ1) is 19.6. The van der Waals surface area contributed by atoms with Crippen LogP contribution in [0.2, 0.25) is 0 Å². The van der Waals surface area contributed by atoms with Gasteiger partial charge in [-0.2, -0.15) is 0 Å². The number of aromatic nitrogens is 1. The lowest BCUT2D eigenvalue weighted by atomic mass is 9.99. The summed E-state index contributed by atoms with van der Waals surface area (Å²) >= 11 is 0. The Kier molecular flexibility index (Phi) is 4.94. The molecule has 0 radical (unpaired) electrons. The van der Waals surface area contributed by atoms with Crippen molar-refractivity contribution in [1.82, 2.24) is 4.57 Å². The van der Waals surface area contributed by atoms with Crippen LogP contribution in [-0.2, 0) is 16.9 Å². The van der Waals surface area contributed by atoms with Crippen molar-refractivity contribution in [3.05, 3.63) is 58.8 Å². The number of nitrogens with zero attached hydrogens (tertiary/aromatic N) is 1. The number of sulfone groups is 1. The van der Waals surface area contributed by atoms with Crippen LogP contribution in [0.15, 0.2) is 52.3 Å². The fourth-order valence-electron chi connectivity index (χ4n) is 3.35. The van der Waals surface area contributed by atoms with Crippen molar-refractivity contribution in [2.75, 3.05) is 12.4 Å². The van der Waals surface area contributed by atoms with Crippen LogP contribution < -0.4 is 10.3 Å². The van der Waals surface area contributed by atoms with Crippen LogP contribution in [-0.4, -0.2) is 25.3 Å². The minimum absolute atomic E-state index is 0.0199. The van der Waals surface area contributed by atoms with Gasteiger partial charge >= 0.3 is 0 Å². The molecule has 5 nitrogen and oxygen atoms in total. The highest BCUT2D eigenvalue weighted by Crippen LogP contribution is 2.38. The Labute approximate surface area is 168 Å². The molecule has 1 fully saturated rings. The largest absolute Gasteiger partial charge is 0.493 e. The molecule has 1 aliphatic carbocycles. The second-order valence-corrected chi connectivity index (χ2v) is 9.74. The molecule has 7 heteroatoms. The lowest BCUT2D eigenvalue weighted by molar-refractivity contribution is 0.301. The molecule has 0 aliphatic heterocycles. The van der Waals surface area contributed by atoms with Gasteiger partial charge in [0.2, 0.25) is 0 Å². The number of hydrogen-bond acceptors (Lipinski definition) is 4. The molecule has 0 spiro atoms. The summed E-state index contributed by atoms with van der Waals surface area (Å²) in [6.45, 7) is 2.15. The molecule has 1 saturated carbocycles. The minimum Gasteiger partial charge on any atom is -0.493 e. The van der Waals surface area contributed by atoms with Gasteiger partial charge in [0.25, 0.3) is 5.56 Å². The van der Waals surface area contributed by atoms with Crippen LogP contribution in [0.1, 0.15) is 19.8 Å². The van der Waals surface area contributed by atoms with Crippen molar-refractivity contribution < 1.29 is 17.5 Å². The van der Waals surface area contributed by atoms with E-state index < -0.39 is 15.7 Å². The molecular formula is C22H22FNO4S. The first-order chi connectivity index (χ1) is 13.8. The van der Waals surface area contributed by atoms with Crippen molar-refractivity contribution in [3.63, 3.8) is 0 Å². The molecule has 0 bridgehead atoms. The molecule has 0 N–H and O–H groups in total. The number of rotatable bonds is 6. The predicted octanol–water partition coefficient (Wildman–Crippen LogP) is 3.93. The fourth-order valence-corrected chi connectivity index (χ4v) is 4.26. The zero-order valence-corrected chi connectivity index (χ0v) is 17.1. The summed E-state index contributed by atoms with van der Waals surface area (Å²) < 4.78 is 46.1. The van der Waals surface area contributed by atoms with Crippen molar-refractivity contribution in [1.29, 1.82) is 0 Å². The predicted molar refractivity (Wildman–Crippen MR) is 111 cm³/mol. The van der Waals surface area contributed by atoms with Gasteiger partial charge in [-0.25, -0.2) is 12.8 Å². The Hall–Kier alpha value is -2.67. The molecule has 4 rings (SSSR count). The molecule has 1 aliphatic rings. The van der Waals surface area contributed by atoms with E-state index in [1.807, 2.05) is 0 Å². The Morgan fingerprint density at radius 2 is 1.86 bits per heavy atom. The van der Waals surface area contributed by atoms with Gasteiger partial charge < -0.3 is 9.30 Å². The van der Waals surface area contributed by atoms with E-state index in [-0.39, 0.29) is 21.6 Å². The summed E-state index contributed by atoms with van der Waals surface area (Å²) in [4.78, 5) is 12.7. The highest BCUT2D eigenvalue weighted by molar-refractivity contribution is 7.91. The smallest absolute Gasteiger partial charge is 0.258 e. The number of halogens is 1. The molecule has 29 heavy (non-hydrogen) atoms. The number of fused-ring (bicyclic) bond motifs is 1. The molecule has 1 aromatic heterocycles. The average molecular weight is 415 g/mol. The number of ether oxygens (including phenoxy) is 1. The third kappa shape index (κ3) is 3.79. The third-order valence-corrected chi connectivity index (χ3v) is 7.03. The second kappa shape index (κ2) is 7.30. The van der Waals surface area contributed by atoms with Gasteiger partial charge in [0.1, 0.15) is 11.6 Å². The van der Waals surface area contributed by atoms with E-state index in [1.165, 1.54) is 16.7 Å². The Balaban J connectivity index is 1.97. The number of aryl methyl sites for hydroxylation is 1. The zero-order chi connectivity index (χ0) is 20.8. The van der Waals surface area contributed by atoms with Gasteiger partial charge in [-0.15, -0.1) is 0 Å². The van der Waals surface area contributed by atoms with Gasteiger partial charge in [0.15, 0.2) is 9.84 Å².